The van der Waals surface area contributed by atoms with Crippen LogP contribution in [0.4, 0.5) is 10.3 Å². The van der Waals surface area contributed by atoms with Gasteiger partial charge in [-0.15, -0.1) is 0 Å². The van der Waals surface area contributed by atoms with Crippen LogP contribution in [0.3, 0.4) is 0 Å². The smallest absolute Gasteiger partial charge is 0.205 e. The second-order valence-corrected chi connectivity index (χ2v) is 5.48. The summed E-state index contributed by atoms with van der Waals surface area (Å²) in [6.45, 7) is 2.08. The number of aryl methyl sites for hydroxylation is 1. The number of aromatic nitrogens is 2. The minimum Gasteiger partial charge on any atom is -0.369 e. The van der Waals surface area contributed by atoms with Crippen LogP contribution in [0.25, 0.3) is 16.7 Å². The number of benzene rings is 2. The van der Waals surface area contributed by atoms with Gasteiger partial charge in [-0.2, -0.15) is 0 Å². The second kappa shape index (κ2) is 4.90. The standard InChI is InChI=1S/C15H13BrFN3/c1-2-9-7-10(16)3-5-13(9)20-14-6-4-11(17)8-12(14)19-15(20)18/h3-8H,2H2,1H3,(H2,18,19). The van der Waals surface area contributed by atoms with E-state index in [9.17, 15) is 4.39 Å². The molecule has 3 nitrogen and oxygen atoms in total. The van der Waals surface area contributed by atoms with Gasteiger partial charge in [0.15, 0.2) is 0 Å². The fourth-order valence-corrected chi connectivity index (χ4v) is 2.79. The first kappa shape index (κ1) is 13.1. The Morgan fingerprint density at radius 3 is 2.80 bits per heavy atom. The van der Waals surface area contributed by atoms with Crippen LogP contribution < -0.4 is 5.73 Å². The molecule has 0 unspecified atom stereocenters. The molecule has 3 rings (SSSR count). The van der Waals surface area contributed by atoms with E-state index in [1.54, 1.807) is 6.07 Å². The van der Waals surface area contributed by atoms with Gasteiger partial charge in [0, 0.05) is 10.5 Å². The maximum absolute atomic E-state index is 13.3. The van der Waals surface area contributed by atoms with Gasteiger partial charge in [-0.25, -0.2) is 9.37 Å². The number of nitrogens with zero attached hydrogens (tertiary/aromatic N) is 2. The summed E-state index contributed by atoms with van der Waals surface area (Å²) < 4.78 is 16.2. The molecule has 20 heavy (non-hydrogen) atoms. The molecule has 1 aromatic heterocycles. The van der Waals surface area contributed by atoms with E-state index in [0.29, 0.717) is 11.5 Å². The number of nitrogen functional groups attached to an aromatic ring is 1. The molecule has 0 atom stereocenters. The first-order valence-electron chi connectivity index (χ1n) is 6.32. The van der Waals surface area contributed by atoms with Gasteiger partial charge in [0.05, 0.1) is 16.7 Å². The van der Waals surface area contributed by atoms with Crippen LogP contribution in [-0.4, -0.2) is 9.55 Å². The lowest BCUT2D eigenvalue weighted by Gasteiger charge is -2.12. The third-order valence-corrected chi connectivity index (χ3v) is 3.80. The summed E-state index contributed by atoms with van der Waals surface area (Å²) in [7, 11) is 0. The fraction of sp³-hybridized carbons (Fsp3) is 0.133. The summed E-state index contributed by atoms with van der Waals surface area (Å²) >= 11 is 3.47. The molecule has 0 saturated heterocycles. The Hall–Kier alpha value is -1.88. The molecule has 0 aliphatic heterocycles. The maximum Gasteiger partial charge on any atom is 0.205 e. The van der Waals surface area contributed by atoms with Gasteiger partial charge < -0.3 is 5.73 Å². The van der Waals surface area contributed by atoms with E-state index < -0.39 is 0 Å². The normalized spacial score (nSPS) is 11.2. The van der Waals surface area contributed by atoms with E-state index in [-0.39, 0.29) is 5.82 Å². The third-order valence-electron chi connectivity index (χ3n) is 3.31. The number of fused-ring (bicyclic) bond motifs is 1. The van der Waals surface area contributed by atoms with E-state index in [4.69, 9.17) is 5.73 Å². The van der Waals surface area contributed by atoms with Crippen molar-refractivity contribution in [1.82, 2.24) is 9.55 Å². The minimum absolute atomic E-state index is 0.311. The molecule has 2 aromatic carbocycles. The molecule has 0 amide bonds. The predicted octanol–water partition coefficient (Wildman–Crippen LogP) is 4.07. The Balaban J connectivity index is 2.32. The number of nitrogens with two attached hydrogens (primary N) is 1. The van der Waals surface area contributed by atoms with Gasteiger partial charge in [0.25, 0.3) is 0 Å². The van der Waals surface area contributed by atoms with Crippen LogP contribution in [0.5, 0.6) is 0 Å². The maximum atomic E-state index is 13.3. The molecule has 2 N–H and O–H groups in total. The lowest BCUT2D eigenvalue weighted by atomic mass is 10.1. The van der Waals surface area contributed by atoms with Crippen LogP contribution in [0.15, 0.2) is 40.9 Å². The van der Waals surface area contributed by atoms with Gasteiger partial charge in [0.2, 0.25) is 5.95 Å². The molecule has 0 aliphatic carbocycles. The number of hydrogen-bond acceptors (Lipinski definition) is 2. The molecule has 0 saturated carbocycles. The Labute approximate surface area is 124 Å². The van der Waals surface area contributed by atoms with Gasteiger partial charge >= 0.3 is 0 Å². The van der Waals surface area contributed by atoms with E-state index in [2.05, 4.69) is 33.9 Å². The first-order valence-corrected chi connectivity index (χ1v) is 7.11. The monoisotopic (exact) mass is 333 g/mol. The van der Waals surface area contributed by atoms with Crippen LogP contribution in [0.2, 0.25) is 0 Å². The van der Waals surface area contributed by atoms with Crippen LogP contribution in [0.1, 0.15) is 12.5 Å². The highest BCUT2D eigenvalue weighted by Crippen LogP contribution is 2.28. The fourth-order valence-electron chi connectivity index (χ4n) is 2.38. The molecular weight excluding hydrogens is 321 g/mol. The van der Waals surface area contributed by atoms with Gasteiger partial charge in [-0.3, -0.25) is 4.57 Å². The van der Waals surface area contributed by atoms with Crippen molar-refractivity contribution in [3.8, 4) is 5.69 Å². The average molecular weight is 334 g/mol. The second-order valence-electron chi connectivity index (χ2n) is 4.57. The largest absolute Gasteiger partial charge is 0.369 e. The predicted molar refractivity (Wildman–Crippen MR) is 82.5 cm³/mol. The Bertz CT molecular complexity index is 795. The molecule has 0 spiro atoms. The molecule has 3 aromatic rings. The van der Waals surface area contributed by atoms with E-state index >= 15 is 0 Å². The molecule has 0 bridgehead atoms. The molecule has 5 heteroatoms. The number of rotatable bonds is 2. The molecular formula is C15H13BrFN3. The summed E-state index contributed by atoms with van der Waals surface area (Å²) in [4.78, 5) is 4.24. The number of imidazole rings is 1. The topological polar surface area (TPSA) is 43.8 Å². The summed E-state index contributed by atoms with van der Waals surface area (Å²) in [6.07, 6.45) is 0.870. The summed E-state index contributed by atoms with van der Waals surface area (Å²) in [5.74, 6) is 0.0521. The highest BCUT2D eigenvalue weighted by molar-refractivity contribution is 9.10. The molecule has 0 fully saturated rings. The van der Waals surface area contributed by atoms with E-state index in [1.165, 1.54) is 12.1 Å². The van der Waals surface area contributed by atoms with E-state index in [0.717, 1.165) is 27.7 Å². The minimum atomic E-state index is -0.311. The van der Waals surface area contributed by atoms with Crippen molar-refractivity contribution in [2.24, 2.45) is 0 Å². The van der Waals surface area contributed by atoms with Crippen molar-refractivity contribution >= 4 is 32.9 Å². The lowest BCUT2D eigenvalue weighted by molar-refractivity contribution is 0.629. The number of hydrogen-bond donors (Lipinski definition) is 1. The van der Waals surface area contributed by atoms with Crippen LogP contribution in [-0.2, 0) is 6.42 Å². The third kappa shape index (κ3) is 2.08. The van der Waals surface area contributed by atoms with Crippen LogP contribution >= 0.6 is 15.9 Å². The van der Waals surface area contributed by atoms with Crippen molar-refractivity contribution < 1.29 is 4.39 Å². The summed E-state index contributed by atoms with van der Waals surface area (Å²) in [5.41, 5.74) is 9.51. The van der Waals surface area contributed by atoms with Crippen molar-refractivity contribution in [1.29, 1.82) is 0 Å². The first-order chi connectivity index (χ1) is 9.60. The highest BCUT2D eigenvalue weighted by Gasteiger charge is 2.13. The van der Waals surface area contributed by atoms with Crippen molar-refractivity contribution in [3.63, 3.8) is 0 Å². The Kier molecular flexibility index (Phi) is 3.22. The number of anilines is 1. The average Bonchev–Trinajstić information content (AvgIpc) is 2.73. The number of halogens is 2. The molecule has 0 radical (unpaired) electrons. The molecule has 0 aliphatic rings. The lowest BCUT2D eigenvalue weighted by Crippen LogP contribution is -2.03. The Morgan fingerprint density at radius 1 is 1.25 bits per heavy atom. The zero-order chi connectivity index (χ0) is 14.3. The highest BCUT2D eigenvalue weighted by atomic mass is 79.9. The summed E-state index contributed by atoms with van der Waals surface area (Å²) in [6, 6.07) is 10.5. The SMILES string of the molecule is CCc1cc(Br)ccc1-n1c(N)nc2cc(F)ccc21. The molecule has 102 valence electrons. The van der Waals surface area contributed by atoms with Crippen molar-refractivity contribution in [3.05, 3.63) is 52.3 Å². The van der Waals surface area contributed by atoms with Crippen molar-refractivity contribution in [2.75, 3.05) is 5.73 Å². The van der Waals surface area contributed by atoms with Gasteiger partial charge in [0.1, 0.15) is 5.82 Å². The zero-order valence-electron chi connectivity index (χ0n) is 10.9. The van der Waals surface area contributed by atoms with E-state index in [1.807, 2.05) is 16.7 Å². The van der Waals surface area contributed by atoms with Gasteiger partial charge in [-0.1, -0.05) is 22.9 Å². The van der Waals surface area contributed by atoms with Crippen molar-refractivity contribution in [2.45, 2.75) is 13.3 Å². The summed E-state index contributed by atoms with van der Waals surface area (Å²) in [5, 5.41) is 0. The van der Waals surface area contributed by atoms with Gasteiger partial charge in [-0.05, 0) is 42.3 Å². The molecule has 1 heterocycles. The Morgan fingerprint density at radius 2 is 2.05 bits per heavy atom. The zero-order valence-corrected chi connectivity index (χ0v) is 12.5. The quantitative estimate of drug-likeness (QED) is 0.768. The van der Waals surface area contributed by atoms with Crippen LogP contribution in [0, 0.1) is 5.82 Å².